The molecule has 1 rings (SSSR count). The van der Waals surface area contributed by atoms with Crippen LogP contribution in [0.15, 0.2) is 11.4 Å². The van der Waals surface area contributed by atoms with Gasteiger partial charge < -0.3 is 10.4 Å². The molecule has 1 aromatic heterocycles. The molecule has 0 saturated heterocycles. The van der Waals surface area contributed by atoms with E-state index in [0.717, 1.165) is 12.1 Å². The van der Waals surface area contributed by atoms with Crippen molar-refractivity contribution in [3.63, 3.8) is 0 Å². The van der Waals surface area contributed by atoms with Crippen molar-refractivity contribution >= 4 is 17.3 Å². The molecule has 4 heteroatoms. The zero-order valence-corrected chi connectivity index (χ0v) is 12.4. The van der Waals surface area contributed by atoms with Crippen LogP contribution in [0.1, 0.15) is 42.9 Å². The second kappa shape index (κ2) is 6.90. The normalized spacial score (nSPS) is 11.7. The zero-order valence-electron chi connectivity index (χ0n) is 11.6. The first-order valence-electron chi connectivity index (χ1n) is 6.43. The minimum absolute atomic E-state index is 0.452. The largest absolute Gasteiger partial charge is 0.477 e. The lowest BCUT2D eigenvalue weighted by Gasteiger charge is -2.25. The van der Waals surface area contributed by atoms with Crippen molar-refractivity contribution in [2.24, 2.45) is 17.8 Å². The lowest BCUT2D eigenvalue weighted by Crippen LogP contribution is -2.29. The van der Waals surface area contributed by atoms with E-state index in [0.29, 0.717) is 29.2 Å². The van der Waals surface area contributed by atoms with E-state index in [2.05, 4.69) is 33.0 Å². The summed E-state index contributed by atoms with van der Waals surface area (Å²) in [5, 5.41) is 14.2. The lowest BCUT2D eigenvalue weighted by molar-refractivity contribution is 0.0701. The van der Waals surface area contributed by atoms with Crippen molar-refractivity contribution in [3.8, 4) is 0 Å². The topological polar surface area (TPSA) is 49.3 Å². The fraction of sp³-hybridized carbons (Fsp3) is 0.643. The van der Waals surface area contributed by atoms with E-state index in [1.165, 1.54) is 11.3 Å². The second-order valence-corrected chi connectivity index (χ2v) is 6.28. The first-order chi connectivity index (χ1) is 8.43. The van der Waals surface area contributed by atoms with E-state index >= 15 is 0 Å². The van der Waals surface area contributed by atoms with Crippen LogP contribution in [-0.4, -0.2) is 17.6 Å². The highest BCUT2D eigenvalue weighted by atomic mass is 32.1. The Bertz CT molecular complexity index is 377. The van der Waals surface area contributed by atoms with Gasteiger partial charge in [-0.15, -0.1) is 11.3 Å². The maximum absolute atomic E-state index is 11.0. The summed E-state index contributed by atoms with van der Waals surface area (Å²) in [6.07, 6.45) is 0. The van der Waals surface area contributed by atoms with Crippen LogP contribution in [0.5, 0.6) is 0 Å². The molecule has 1 heterocycles. The molecule has 0 aliphatic rings. The highest BCUT2D eigenvalue weighted by Crippen LogP contribution is 2.20. The summed E-state index contributed by atoms with van der Waals surface area (Å²) in [5.41, 5.74) is 0.888. The van der Waals surface area contributed by atoms with E-state index in [-0.39, 0.29) is 0 Å². The fourth-order valence-corrected chi connectivity index (χ4v) is 3.04. The molecule has 3 nitrogen and oxygen atoms in total. The van der Waals surface area contributed by atoms with Gasteiger partial charge >= 0.3 is 5.97 Å². The summed E-state index contributed by atoms with van der Waals surface area (Å²) in [5.74, 6) is 1.07. The highest BCUT2D eigenvalue weighted by Gasteiger charge is 2.17. The molecule has 0 unspecified atom stereocenters. The van der Waals surface area contributed by atoms with Crippen LogP contribution < -0.4 is 5.32 Å². The average molecular weight is 269 g/mol. The smallest absolute Gasteiger partial charge is 0.346 e. The number of thiophene rings is 1. The Labute approximate surface area is 113 Å². The molecule has 18 heavy (non-hydrogen) atoms. The number of nitrogens with one attached hydrogen (secondary N) is 1. The van der Waals surface area contributed by atoms with Crippen molar-refractivity contribution in [1.29, 1.82) is 0 Å². The number of hydrogen-bond donors (Lipinski definition) is 2. The predicted octanol–water partition coefficient (Wildman–Crippen LogP) is 3.46. The monoisotopic (exact) mass is 269 g/mol. The summed E-state index contributed by atoms with van der Waals surface area (Å²) in [6.45, 7) is 10.5. The molecule has 1 aromatic rings. The third-order valence-electron chi connectivity index (χ3n) is 3.35. The average Bonchev–Trinajstić information content (AvgIpc) is 2.71. The molecular weight excluding hydrogens is 246 g/mol. The Morgan fingerprint density at radius 1 is 1.33 bits per heavy atom. The van der Waals surface area contributed by atoms with Crippen LogP contribution in [0, 0.1) is 17.8 Å². The Morgan fingerprint density at radius 2 is 1.94 bits per heavy atom. The molecule has 0 aliphatic carbocycles. The number of carbonyl (C=O) groups is 1. The predicted molar refractivity (Wildman–Crippen MR) is 76.2 cm³/mol. The van der Waals surface area contributed by atoms with Crippen molar-refractivity contribution in [2.75, 3.05) is 6.54 Å². The molecular formula is C14H23NO2S. The second-order valence-electron chi connectivity index (χ2n) is 5.36. The summed E-state index contributed by atoms with van der Waals surface area (Å²) in [6, 6.07) is 1.89. The van der Waals surface area contributed by atoms with Crippen molar-refractivity contribution < 1.29 is 9.90 Å². The molecule has 102 valence electrons. The van der Waals surface area contributed by atoms with Gasteiger partial charge in [0.05, 0.1) is 0 Å². The van der Waals surface area contributed by atoms with Crippen LogP contribution >= 0.6 is 11.3 Å². The Morgan fingerprint density at radius 3 is 2.44 bits per heavy atom. The van der Waals surface area contributed by atoms with Gasteiger partial charge in [-0.05, 0) is 41.3 Å². The van der Waals surface area contributed by atoms with Crippen LogP contribution in [0.4, 0.5) is 0 Å². The molecule has 0 aliphatic heterocycles. The van der Waals surface area contributed by atoms with Crippen LogP contribution in [0.2, 0.25) is 0 Å². The number of aromatic carboxylic acids is 1. The van der Waals surface area contributed by atoms with Gasteiger partial charge in [-0.1, -0.05) is 27.7 Å². The molecule has 0 aromatic carbocycles. The first kappa shape index (κ1) is 15.2. The van der Waals surface area contributed by atoms with E-state index in [1.54, 1.807) is 0 Å². The van der Waals surface area contributed by atoms with Gasteiger partial charge in [0, 0.05) is 6.54 Å². The molecule has 0 amide bonds. The maximum atomic E-state index is 11.0. The number of hydrogen-bond acceptors (Lipinski definition) is 3. The minimum atomic E-state index is -0.828. The molecule has 0 radical (unpaired) electrons. The molecule has 0 spiro atoms. The Kier molecular flexibility index (Phi) is 5.82. The number of carboxylic acids is 1. The summed E-state index contributed by atoms with van der Waals surface area (Å²) >= 11 is 1.29. The van der Waals surface area contributed by atoms with Crippen LogP contribution in [0.25, 0.3) is 0 Å². The number of rotatable bonds is 7. The van der Waals surface area contributed by atoms with Gasteiger partial charge in [0.15, 0.2) is 0 Å². The van der Waals surface area contributed by atoms with Gasteiger partial charge in [0.2, 0.25) is 0 Å². The van der Waals surface area contributed by atoms with E-state index < -0.39 is 5.97 Å². The van der Waals surface area contributed by atoms with Crippen molar-refractivity contribution in [1.82, 2.24) is 5.32 Å². The molecule has 0 bridgehead atoms. The van der Waals surface area contributed by atoms with Crippen LogP contribution in [-0.2, 0) is 6.54 Å². The van der Waals surface area contributed by atoms with Gasteiger partial charge in [0.1, 0.15) is 4.88 Å². The lowest BCUT2D eigenvalue weighted by atomic mass is 9.85. The Balaban J connectivity index is 2.50. The van der Waals surface area contributed by atoms with Crippen LogP contribution in [0.3, 0.4) is 0 Å². The van der Waals surface area contributed by atoms with Gasteiger partial charge in [0.25, 0.3) is 0 Å². The van der Waals surface area contributed by atoms with Gasteiger partial charge in [-0.2, -0.15) is 0 Å². The highest BCUT2D eigenvalue weighted by molar-refractivity contribution is 7.12. The molecule has 0 saturated carbocycles. The summed E-state index contributed by atoms with van der Waals surface area (Å²) in [7, 11) is 0. The zero-order chi connectivity index (χ0) is 13.7. The van der Waals surface area contributed by atoms with E-state index in [9.17, 15) is 4.79 Å². The first-order valence-corrected chi connectivity index (χ1v) is 7.31. The van der Waals surface area contributed by atoms with E-state index in [4.69, 9.17) is 5.11 Å². The van der Waals surface area contributed by atoms with Crippen molar-refractivity contribution in [2.45, 2.75) is 34.2 Å². The Hall–Kier alpha value is -0.870. The summed E-state index contributed by atoms with van der Waals surface area (Å²) in [4.78, 5) is 11.4. The molecule has 2 N–H and O–H groups in total. The van der Waals surface area contributed by atoms with Gasteiger partial charge in [-0.3, -0.25) is 0 Å². The maximum Gasteiger partial charge on any atom is 0.346 e. The third kappa shape index (κ3) is 4.10. The number of carboxylic acid groups (broad SMARTS) is 1. The standard InChI is InChI=1S/C14H23NO2S/c1-9(2)12(10(3)4)8-15-7-11-5-6-18-13(11)14(16)17/h5-6,9-10,12,15H,7-8H2,1-4H3,(H,16,17). The summed E-state index contributed by atoms with van der Waals surface area (Å²) < 4.78 is 0. The minimum Gasteiger partial charge on any atom is -0.477 e. The van der Waals surface area contributed by atoms with Gasteiger partial charge in [-0.25, -0.2) is 4.79 Å². The SMILES string of the molecule is CC(C)C(CNCc1ccsc1C(=O)O)C(C)C. The van der Waals surface area contributed by atoms with E-state index in [1.807, 2.05) is 11.4 Å². The third-order valence-corrected chi connectivity index (χ3v) is 4.29. The molecule has 0 fully saturated rings. The molecule has 0 atom stereocenters. The fourth-order valence-electron chi connectivity index (χ4n) is 2.28. The quantitative estimate of drug-likeness (QED) is 0.797. The van der Waals surface area contributed by atoms with Crippen molar-refractivity contribution in [3.05, 3.63) is 21.9 Å².